The maximum absolute atomic E-state index is 12.2. The topological polar surface area (TPSA) is 49.4 Å². The fraction of sp³-hybridized carbons (Fsp3) is 0.500. The molecule has 0 radical (unpaired) electrons. The van der Waals surface area contributed by atoms with E-state index in [1.165, 1.54) is 0 Å². The molecule has 1 aliphatic rings. The number of rotatable bonds is 5. The normalized spacial score (nSPS) is 16.7. The van der Waals surface area contributed by atoms with Crippen molar-refractivity contribution in [1.29, 1.82) is 0 Å². The van der Waals surface area contributed by atoms with E-state index >= 15 is 0 Å². The molecule has 0 spiro atoms. The lowest BCUT2D eigenvalue weighted by Gasteiger charge is -2.32. The molecule has 0 saturated carbocycles. The Morgan fingerprint density at radius 3 is 2.86 bits per heavy atom. The molecular formula is C16H22N2O2S. The van der Waals surface area contributed by atoms with E-state index in [1.54, 1.807) is 11.8 Å². The lowest BCUT2D eigenvalue weighted by Crippen LogP contribution is -2.43. The number of hydrogen-bond donors (Lipinski definition) is 1. The number of anilines is 1. The van der Waals surface area contributed by atoms with Gasteiger partial charge in [0.2, 0.25) is 11.8 Å². The second-order valence-corrected chi connectivity index (χ2v) is 6.19. The van der Waals surface area contributed by atoms with Crippen LogP contribution in [0.1, 0.15) is 32.6 Å². The molecule has 1 aromatic rings. The van der Waals surface area contributed by atoms with Crippen molar-refractivity contribution in [2.24, 2.45) is 0 Å². The SMILES string of the molecule is CSc1ccccc1NC(=O)CC(C)N1CCCCC1=O. The molecule has 1 aliphatic heterocycles. The highest BCUT2D eigenvalue weighted by atomic mass is 32.2. The zero-order chi connectivity index (χ0) is 15.2. The average Bonchev–Trinajstić information content (AvgIpc) is 2.48. The monoisotopic (exact) mass is 306 g/mol. The van der Waals surface area contributed by atoms with E-state index in [0.29, 0.717) is 12.8 Å². The summed E-state index contributed by atoms with van der Waals surface area (Å²) in [6.07, 6.45) is 4.94. The molecule has 4 nitrogen and oxygen atoms in total. The van der Waals surface area contributed by atoms with Crippen LogP contribution in [-0.2, 0) is 9.59 Å². The van der Waals surface area contributed by atoms with Gasteiger partial charge in [-0.15, -0.1) is 11.8 Å². The molecule has 1 aromatic carbocycles. The van der Waals surface area contributed by atoms with E-state index < -0.39 is 0 Å². The third kappa shape index (κ3) is 4.24. The van der Waals surface area contributed by atoms with Crippen molar-refractivity contribution in [3.8, 4) is 0 Å². The van der Waals surface area contributed by atoms with Crippen molar-refractivity contribution in [3.05, 3.63) is 24.3 Å². The minimum absolute atomic E-state index is 0.0395. The van der Waals surface area contributed by atoms with Crippen LogP contribution in [0.4, 0.5) is 5.69 Å². The molecule has 1 N–H and O–H groups in total. The highest BCUT2D eigenvalue weighted by Gasteiger charge is 2.24. The first kappa shape index (κ1) is 15.9. The summed E-state index contributed by atoms with van der Waals surface area (Å²) in [4.78, 5) is 26.9. The van der Waals surface area contributed by atoms with Gasteiger partial charge in [-0.25, -0.2) is 0 Å². The zero-order valence-corrected chi connectivity index (χ0v) is 13.4. The quantitative estimate of drug-likeness (QED) is 0.850. The first-order valence-electron chi connectivity index (χ1n) is 7.34. The maximum atomic E-state index is 12.2. The number of nitrogens with zero attached hydrogens (tertiary/aromatic N) is 1. The summed E-state index contributed by atoms with van der Waals surface area (Å²) in [6.45, 7) is 2.72. The Morgan fingerprint density at radius 1 is 1.38 bits per heavy atom. The van der Waals surface area contributed by atoms with Gasteiger partial charge in [0.25, 0.3) is 0 Å². The summed E-state index contributed by atoms with van der Waals surface area (Å²) in [5, 5.41) is 2.95. The first-order chi connectivity index (χ1) is 10.1. The number of hydrogen-bond acceptors (Lipinski definition) is 3. The van der Waals surface area contributed by atoms with Crippen molar-refractivity contribution >= 4 is 29.3 Å². The number of likely N-dealkylation sites (tertiary alicyclic amines) is 1. The fourth-order valence-electron chi connectivity index (χ4n) is 2.62. The molecule has 1 saturated heterocycles. The Labute approximate surface area is 130 Å². The van der Waals surface area contributed by atoms with Gasteiger partial charge in [0.1, 0.15) is 0 Å². The van der Waals surface area contributed by atoms with Crippen LogP contribution < -0.4 is 5.32 Å². The summed E-state index contributed by atoms with van der Waals surface area (Å²) in [7, 11) is 0. The van der Waals surface area contributed by atoms with E-state index in [4.69, 9.17) is 0 Å². The highest BCUT2D eigenvalue weighted by Crippen LogP contribution is 2.25. The van der Waals surface area contributed by atoms with Gasteiger partial charge in [-0.3, -0.25) is 9.59 Å². The van der Waals surface area contributed by atoms with Crippen LogP contribution in [0.5, 0.6) is 0 Å². The molecule has 0 bridgehead atoms. The summed E-state index contributed by atoms with van der Waals surface area (Å²) < 4.78 is 0. The minimum Gasteiger partial charge on any atom is -0.339 e. The molecule has 1 atom stereocenters. The number of carbonyl (C=O) groups excluding carboxylic acids is 2. The van der Waals surface area contributed by atoms with Crippen LogP contribution in [-0.4, -0.2) is 35.6 Å². The molecule has 21 heavy (non-hydrogen) atoms. The molecule has 0 aliphatic carbocycles. The van der Waals surface area contributed by atoms with Gasteiger partial charge in [-0.1, -0.05) is 12.1 Å². The second-order valence-electron chi connectivity index (χ2n) is 5.35. The number of piperidine rings is 1. The van der Waals surface area contributed by atoms with Gasteiger partial charge in [0.05, 0.1) is 5.69 Å². The van der Waals surface area contributed by atoms with Crippen molar-refractivity contribution in [2.75, 3.05) is 18.1 Å². The van der Waals surface area contributed by atoms with Crippen LogP contribution in [0, 0.1) is 0 Å². The van der Waals surface area contributed by atoms with E-state index in [9.17, 15) is 9.59 Å². The molecule has 0 aromatic heterocycles. The first-order valence-corrected chi connectivity index (χ1v) is 8.56. The molecule has 5 heteroatoms. The number of carbonyl (C=O) groups is 2. The number of para-hydroxylation sites is 1. The van der Waals surface area contributed by atoms with Crippen LogP contribution in [0.3, 0.4) is 0 Å². The lowest BCUT2D eigenvalue weighted by atomic mass is 10.1. The van der Waals surface area contributed by atoms with E-state index in [0.717, 1.165) is 30.0 Å². The van der Waals surface area contributed by atoms with Crippen LogP contribution in [0.2, 0.25) is 0 Å². The summed E-state index contributed by atoms with van der Waals surface area (Å²) >= 11 is 1.61. The molecule has 114 valence electrons. The average molecular weight is 306 g/mol. The molecule has 1 heterocycles. The van der Waals surface area contributed by atoms with Crippen LogP contribution in [0.25, 0.3) is 0 Å². The number of thioether (sulfide) groups is 1. The van der Waals surface area contributed by atoms with Gasteiger partial charge in [0.15, 0.2) is 0 Å². The third-order valence-corrected chi connectivity index (χ3v) is 4.55. The lowest BCUT2D eigenvalue weighted by molar-refractivity contribution is -0.136. The second kappa shape index (κ2) is 7.50. The van der Waals surface area contributed by atoms with Crippen molar-refractivity contribution in [2.45, 2.75) is 43.5 Å². The van der Waals surface area contributed by atoms with Crippen molar-refractivity contribution < 1.29 is 9.59 Å². The van der Waals surface area contributed by atoms with Crippen molar-refractivity contribution in [3.63, 3.8) is 0 Å². The summed E-state index contributed by atoms with van der Waals surface area (Å²) in [5.41, 5.74) is 0.840. The highest BCUT2D eigenvalue weighted by molar-refractivity contribution is 7.98. The Morgan fingerprint density at radius 2 is 2.14 bits per heavy atom. The number of benzene rings is 1. The largest absolute Gasteiger partial charge is 0.339 e. The van der Waals surface area contributed by atoms with Crippen LogP contribution >= 0.6 is 11.8 Å². The van der Waals surface area contributed by atoms with E-state index in [1.807, 2.05) is 42.3 Å². The van der Waals surface area contributed by atoms with Gasteiger partial charge >= 0.3 is 0 Å². The Kier molecular flexibility index (Phi) is 5.67. The van der Waals surface area contributed by atoms with Crippen molar-refractivity contribution in [1.82, 2.24) is 4.90 Å². The maximum Gasteiger partial charge on any atom is 0.226 e. The van der Waals surface area contributed by atoms with E-state index in [-0.39, 0.29) is 17.9 Å². The standard InChI is InChI=1S/C16H22N2O2S/c1-12(18-10-6-5-9-16(18)20)11-15(19)17-13-7-3-4-8-14(13)21-2/h3-4,7-8,12H,5-6,9-11H2,1-2H3,(H,17,19). The molecule has 1 fully saturated rings. The van der Waals surface area contributed by atoms with Gasteiger partial charge in [-0.2, -0.15) is 0 Å². The van der Waals surface area contributed by atoms with Gasteiger partial charge < -0.3 is 10.2 Å². The molecular weight excluding hydrogens is 284 g/mol. The predicted octanol–water partition coefficient (Wildman–Crippen LogP) is 3.14. The molecule has 2 amide bonds. The summed E-state index contributed by atoms with van der Waals surface area (Å²) in [5.74, 6) is 0.133. The van der Waals surface area contributed by atoms with Gasteiger partial charge in [0, 0.05) is 30.3 Å². The molecule has 2 rings (SSSR count). The third-order valence-electron chi connectivity index (χ3n) is 3.75. The molecule has 1 unspecified atom stereocenters. The predicted molar refractivity (Wildman–Crippen MR) is 86.5 cm³/mol. The number of nitrogens with one attached hydrogen (secondary N) is 1. The number of amides is 2. The summed E-state index contributed by atoms with van der Waals surface area (Å²) in [6, 6.07) is 7.71. The van der Waals surface area contributed by atoms with Crippen LogP contribution in [0.15, 0.2) is 29.2 Å². The minimum atomic E-state index is -0.0424. The zero-order valence-electron chi connectivity index (χ0n) is 12.6. The smallest absolute Gasteiger partial charge is 0.226 e. The Hall–Kier alpha value is -1.49. The Bertz CT molecular complexity index is 519. The van der Waals surface area contributed by atoms with E-state index in [2.05, 4.69) is 5.32 Å². The van der Waals surface area contributed by atoms with Gasteiger partial charge in [-0.05, 0) is 38.2 Å². The fourth-order valence-corrected chi connectivity index (χ4v) is 3.17. The Balaban J connectivity index is 1.93.